The first-order chi connectivity index (χ1) is 12.7. The molecule has 0 N–H and O–H groups in total. The Kier molecular flexibility index (Phi) is 4.80. The summed E-state index contributed by atoms with van der Waals surface area (Å²) in [5.74, 6) is 1.76. The van der Waals surface area contributed by atoms with E-state index < -0.39 is 5.97 Å². The van der Waals surface area contributed by atoms with Gasteiger partial charge in [-0.2, -0.15) is 0 Å². The molecule has 0 aliphatic rings. The fourth-order valence-corrected chi connectivity index (χ4v) is 5.39. The lowest BCUT2D eigenvalue weighted by Crippen LogP contribution is -1.98. The van der Waals surface area contributed by atoms with Crippen molar-refractivity contribution in [2.24, 2.45) is 0 Å². The second kappa shape index (κ2) is 7.22. The summed E-state index contributed by atoms with van der Waals surface area (Å²) in [7, 11) is 1.34. The van der Waals surface area contributed by atoms with Gasteiger partial charge < -0.3 is 9.15 Å². The number of carbonyl (C=O) groups is 1. The maximum atomic E-state index is 11.5. The first-order valence-corrected chi connectivity index (χ1v) is 10.5. The molecule has 4 heterocycles. The summed E-state index contributed by atoms with van der Waals surface area (Å²) < 4.78 is 10.2. The lowest BCUT2D eigenvalue weighted by molar-refractivity contribution is 0.0563. The lowest BCUT2D eigenvalue weighted by atomic mass is 10.2. The molecule has 4 rings (SSSR count). The first-order valence-electron chi connectivity index (χ1n) is 7.75. The maximum absolute atomic E-state index is 11.5. The standard InChI is InChI=1S/C18H14N2O3S3/c1-10-19-16(25-8-11-5-6-13(23-11)18(21)22-2)15-12(9-26-17(15)20-10)14-4-3-7-24-14/h3-7,9H,8H2,1-2H3. The molecular weight excluding hydrogens is 388 g/mol. The molecule has 0 amide bonds. The summed E-state index contributed by atoms with van der Waals surface area (Å²) in [6, 6.07) is 7.57. The highest BCUT2D eigenvalue weighted by molar-refractivity contribution is 7.98. The summed E-state index contributed by atoms with van der Waals surface area (Å²) in [4.78, 5) is 22.9. The van der Waals surface area contributed by atoms with Crippen LogP contribution in [0.1, 0.15) is 22.1 Å². The van der Waals surface area contributed by atoms with E-state index in [4.69, 9.17) is 4.42 Å². The maximum Gasteiger partial charge on any atom is 0.373 e. The molecule has 0 unspecified atom stereocenters. The van der Waals surface area contributed by atoms with Gasteiger partial charge in [0.25, 0.3) is 0 Å². The second-order valence-corrected chi connectivity index (χ2v) is 8.20. The van der Waals surface area contributed by atoms with Crippen molar-refractivity contribution in [3.05, 3.63) is 52.4 Å². The predicted octanol–water partition coefficient (Wildman–Crippen LogP) is 5.40. The molecule has 0 aliphatic carbocycles. The molecule has 5 nitrogen and oxygen atoms in total. The molecular formula is C18H14N2O3S3. The number of methoxy groups -OCH3 is 1. The summed E-state index contributed by atoms with van der Waals surface area (Å²) in [6.45, 7) is 1.90. The highest BCUT2D eigenvalue weighted by atomic mass is 32.2. The third kappa shape index (κ3) is 3.27. The van der Waals surface area contributed by atoms with Crippen molar-refractivity contribution in [3.8, 4) is 10.4 Å². The zero-order valence-corrected chi connectivity index (χ0v) is 16.5. The van der Waals surface area contributed by atoms with Gasteiger partial charge in [-0.3, -0.25) is 0 Å². The average molecular weight is 403 g/mol. The van der Waals surface area contributed by atoms with E-state index in [1.165, 1.54) is 12.0 Å². The molecule has 0 saturated carbocycles. The normalized spacial score (nSPS) is 11.2. The van der Waals surface area contributed by atoms with Gasteiger partial charge in [0.15, 0.2) is 0 Å². The number of thioether (sulfide) groups is 1. The van der Waals surface area contributed by atoms with Crippen LogP contribution in [0.25, 0.3) is 20.7 Å². The highest BCUT2D eigenvalue weighted by Gasteiger charge is 2.17. The molecule has 0 radical (unpaired) electrons. The fraction of sp³-hybridized carbons (Fsp3) is 0.167. The van der Waals surface area contributed by atoms with Gasteiger partial charge in [0.1, 0.15) is 21.4 Å². The van der Waals surface area contributed by atoms with E-state index in [1.54, 1.807) is 46.6 Å². The van der Waals surface area contributed by atoms with Crippen molar-refractivity contribution in [1.82, 2.24) is 9.97 Å². The number of thiophene rings is 2. The number of ether oxygens (including phenoxy) is 1. The van der Waals surface area contributed by atoms with Gasteiger partial charge in [0, 0.05) is 15.8 Å². The fourth-order valence-electron chi connectivity index (χ4n) is 2.53. The van der Waals surface area contributed by atoms with E-state index in [1.807, 2.05) is 13.0 Å². The van der Waals surface area contributed by atoms with E-state index in [-0.39, 0.29) is 5.76 Å². The van der Waals surface area contributed by atoms with E-state index in [2.05, 4.69) is 31.5 Å². The van der Waals surface area contributed by atoms with Crippen molar-refractivity contribution in [3.63, 3.8) is 0 Å². The molecule has 8 heteroatoms. The Morgan fingerprint density at radius 1 is 1.27 bits per heavy atom. The number of nitrogens with zero attached hydrogens (tertiary/aromatic N) is 2. The quantitative estimate of drug-likeness (QED) is 0.253. The number of hydrogen-bond donors (Lipinski definition) is 0. The van der Waals surface area contributed by atoms with E-state index in [0.29, 0.717) is 11.5 Å². The Balaban J connectivity index is 1.66. The van der Waals surface area contributed by atoms with Crippen LogP contribution < -0.4 is 0 Å². The molecule has 26 heavy (non-hydrogen) atoms. The number of hydrogen-bond acceptors (Lipinski definition) is 8. The minimum atomic E-state index is -0.473. The minimum absolute atomic E-state index is 0.210. The number of aromatic nitrogens is 2. The summed E-state index contributed by atoms with van der Waals surface area (Å²) in [6.07, 6.45) is 0. The third-order valence-corrected chi connectivity index (χ3v) is 6.47. The van der Waals surface area contributed by atoms with Crippen LogP contribution in [0.15, 0.2) is 44.5 Å². The van der Waals surface area contributed by atoms with Crippen molar-refractivity contribution in [1.29, 1.82) is 0 Å². The number of carbonyl (C=O) groups excluding carboxylic acids is 1. The van der Waals surface area contributed by atoms with Crippen molar-refractivity contribution in [2.45, 2.75) is 17.7 Å². The Morgan fingerprint density at radius 2 is 2.15 bits per heavy atom. The van der Waals surface area contributed by atoms with E-state index in [9.17, 15) is 4.79 Å². The van der Waals surface area contributed by atoms with Crippen LogP contribution in [0.2, 0.25) is 0 Å². The van der Waals surface area contributed by atoms with Gasteiger partial charge >= 0.3 is 5.97 Å². The molecule has 132 valence electrons. The van der Waals surface area contributed by atoms with Gasteiger partial charge in [-0.15, -0.1) is 22.7 Å². The number of furan rings is 1. The zero-order valence-electron chi connectivity index (χ0n) is 14.0. The second-order valence-electron chi connectivity index (χ2n) is 5.43. The van der Waals surface area contributed by atoms with E-state index >= 15 is 0 Å². The molecule has 4 aromatic heterocycles. The molecule has 0 aliphatic heterocycles. The molecule has 0 aromatic carbocycles. The van der Waals surface area contributed by atoms with Gasteiger partial charge in [0.2, 0.25) is 5.76 Å². The first kappa shape index (κ1) is 17.3. The van der Waals surface area contributed by atoms with Crippen LogP contribution in [-0.4, -0.2) is 23.0 Å². The summed E-state index contributed by atoms with van der Waals surface area (Å²) in [5.41, 5.74) is 1.16. The van der Waals surface area contributed by atoms with E-state index in [0.717, 1.165) is 26.6 Å². The van der Waals surface area contributed by atoms with Crippen LogP contribution in [0.5, 0.6) is 0 Å². The molecule has 4 aromatic rings. The number of esters is 1. The third-order valence-electron chi connectivity index (χ3n) is 3.70. The van der Waals surface area contributed by atoms with Crippen LogP contribution in [0.3, 0.4) is 0 Å². The number of rotatable bonds is 5. The highest BCUT2D eigenvalue weighted by Crippen LogP contribution is 2.40. The molecule has 0 spiro atoms. The van der Waals surface area contributed by atoms with Crippen LogP contribution in [0.4, 0.5) is 0 Å². The van der Waals surface area contributed by atoms with Gasteiger partial charge in [-0.05, 0) is 30.5 Å². The minimum Gasteiger partial charge on any atom is -0.463 e. The van der Waals surface area contributed by atoms with Gasteiger partial charge in [-0.25, -0.2) is 14.8 Å². The predicted molar refractivity (Wildman–Crippen MR) is 105 cm³/mol. The van der Waals surface area contributed by atoms with Crippen LogP contribution >= 0.6 is 34.4 Å². The van der Waals surface area contributed by atoms with Crippen molar-refractivity contribution in [2.75, 3.05) is 7.11 Å². The Bertz CT molecular complexity index is 1070. The Labute approximate surface area is 162 Å². The molecule has 0 saturated heterocycles. The number of aryl methyl sites for hydroxylation is 1. The van der Waals surface area contributed by atoms with Crippen molar-refractivity contribution < 1.29 is 13.9 Å². The Hall–Kier alpha value is -2.16. The molecule has 0 fully saturated rings. The molecule has 0 atom stereocenters. The SMILES string of the molecule is COC(=O)c1ccc(CSc2nc(C)nc3scc(-c4cccs4)c23)o1. The smallest absolute Gasteiger partial charge is 0.373 e. The van der Waals surface area contributed by atoms with Crippen molar-refractivity contribution >= 4 is 50.6 Å². The summed E-state index contributed by atoms with van der Waals surface area (Å²) in [5, 5.41) is 6.20. The summed E-state index contributed by atoms with van der Waals surface area (Å²) >= 11 is 4.91. The average Bonchev–Trinajstić information content (AvgIpc) is 3.37. The lowest BCUT2D eigenvalue weighted by Gasteiger charge is -2.05. The van der Waals surface area contributed by atoms with Gasteiger partial charge in [0.05, 0.1) is 18.2 Å². The topological polar surface area (TPSA) is 65.2 Å². The monoisotopic (exact) mass is 402 g/mol. The largest absolute Gasteiger partial charge is 0.463 e. The van der Waals surface area contributed by atoms with Crippen LogP contribution in [-0.2, 0) is 10.5 Å². The number of fused-ring (bicyclic) bond motifs is 1. The molecule has 0 bridgehead atoms. The Morgan fingerprint density at radius 3 is 2.92 bits per heavy atom. The van der Waals surface area contributed by atoms with Gasteiger partial charge in [-0.1, -0.05) is 17.8 Å². The zero-order chi connectivity index (χ0) is 18.1. The van der Waals surface area contributed by atoms with Crippen LogP contribution in [0, 0.1) is 6.92 Å².